The number of fused-ring (bicyclic) bond motifs is 3. The van der Waals surface area contributed by atoms with Gasteiger partial charge in [0.1, 0.15) is 11.8 Å². The Morgan fingerprint density at radius 3 is 2.79 bits per heavy atom. The topological polar surface area (TPSA) is 65.6 Å². The molecular formula is C19H26N2O3. The highest BCUT2D eigenvalue weighted by Crippen LogP contribution is 2.36. The van der Waals surface area contributed by atoms with Gasteiger partial charge in [-0.1, -0.05) is 26.7 Å². The van der Waals surface area contributed by atoms with Gasteiger partial charge in [-0.3, -0.25) is 9.69 Å². The first-order valence-electron chi connectivity index (χ1n) is 8.74. The molecule has 0 bridgehead atoms. The Morgan fingerprint density at radius 1 is 1.42 bits per heavy atom. The Bertz CT molecular complexity index is 734. The molecule has 0 spiro atoms. The van der Waals surface area contributed by atoms with E-state index in [1.54, 1.807) is 7.11 Å². The number of carboxylic acids is 1. The molecule has 1 atom stereocenters. The highest BCUT2D eigenvalue weighted by Gasteiger charge is 2.36. The van der Waals surface area contributed by atoms with Gasteiger partial charge in [0.05, 0.1) is 7.11 Å². The third kappa shape index (κ3) is 2.88. The second-order valence-corrected chi connectivity index (χ2v) is 6.60. The zero-order valence-corrected chi connectivity index (χ0v) is 14.6. The number of nitrogens with one attached hydrogen (secondary N) is 1. The van der Waals surface area contributed by atoms with Crippen LogP contribution in [0.2, 0.25) is 0 Å². The lowest BCUT2D eigenvalue weighted by Gasteiger charge is -2.35. The van der Waals surface area contributed by atoms with E-state index in [-0.39, 0.29) is 0 Å². The van der Waals surface area contributed by atoms with Gasteiger partial charge < -0.3 is 14.8 Å². The average Bonchev–Trinajstić information content (AvgIpc) is 2.96. The summed E-state index contributed by atoms with van der Waals surface area (Å²) in [5.41, 5.74) is 2.94. The number of nitrogens with zero attached hydrogens (tertiary/aromatic N) is 1. The lowest BCUT2D eigenvalue weighted by molar-refractivity contribution is -0.144. The van der Waals surface area contributed by atoms with Crippen molar-refractivity contribution < 1.29 is 14.6 Å². The molecule has 2 aromatic rings. The van der Waals surface area contributed by atoms with Crippen LogP contribution >= 0.6 is 0 Å². The molecule has 130 valence electrons. The summed E-state index contributed by atoms with van der Waals surface area (Å²) in [5.74, 6) is 0.564. The van der Waals surface area contributed by atoms with Crippen LogP contribution in [0, 0.1) is 5.92 Å². The standard InChI is InChI=1S/C19H26N2O3/c1-4-12(5-2)11-21-9-8-14-15-10-13(24-3)6-7-16(15)20-17(14)18(21)19(22)23/h6-7,10,12,18,20H,4-5,8-9,11H2,1-3H3,(H,22,23). The summed E-state index contributed by atoms with van der Waals surface area (Å²) < 4.78 is 5.32. The van der Waals surface area contributed by atoms with Crippen molar-refractivity contribution in [3.8, 4) is 5.75 Å². The molecule has 0 saturated carbocycles. The largest absolute Gasteiger partial charge is 0.497 e. The molecule has 2 N–H and O–H groups in total. The summed E-state index contributed by atoms with van der Waals surface area (Å²) in [7, 11) is 1.65. The number of carbonyl (C=O) groups is 1. The number of H-pyrrole nitrogens is 1. The number of aliphatic carboxylic acids is 1. The second kappa shape index (κ2) is 6.85. The number of benzene rings is 1. The minimum absolute atomic E-state index is 0.540. The van der Waals surface area contributed by atoms with E-state index >= 15 is 0 Å². The molecule has 0 aliphatic carbocycles. The third-order valence-electron chi connectivity index (χ3n) is 5.32. The average molecular weight is 330 g/mol. The van der Waals surface area contributed by atoms with Crippen LogP contribution in [0.5, 0.6) is 5.75 Å². The Hall–Kier alpha value is -2.01. The van der Waals surface area contributed by atoms with E-state index in [1.807, 2.05) is 18.2 Å². The van der Waals surface area contributed by atoms with Crippen molar-refractivity contribution in [3.63, 3.8) is 0 Å². The van der Waals surface area contributed by atoms with Crippen molar-refractivity contribution in [2.45, 2.75) is 39.2 Å². The predicted octanol–water partition coefficient (Wildman–Crippen LogP) is 3.60. The van der Waals surface area contributed by atoms with Crippen molar-refractivity contribution in [2.24, 2.45) is 5.92 Å². The molecule has 3 rings (SSSR count). The van der Waals surface area contributed by atoms with Crippen molar-refractivity contribution in [1.82, 2.24) is 9.88 Å². The van der Waals surface area contributed by atoms with E-state index in [0.29, 0.717) is 5.92 Å². The van der Waals surface area contributed by atoms with E-state index in [1.165, 1.54) is 0 Å². The molecule has 1 aliphatic heterocycles. The van der Waals surface area contributed by atoms with Crippen LogP contribution < -0.4 is 4.74 Å². The first-order chi connectivity index (χ1) is 11.6. The summed E-state index contributed by atoms with van der Waals surface area (Å²) in [5, 5.41) is 10.9. The number of ether oxygens (including phenoxy) is 1. The fourth-order valence-electron chi connectivity index (χ4n) is 3.80. The fraction of sp³-hybridized carbons (Fsp3) is 0.526. The molecule has 5 nitrogen and oxygen atoms in total. The molecule has 1 aromatic heterocycles. The molecule has 5 heteroatoms. The maximum absolute atomic E-state index is 12.0. The number of hydrogen-bond acceptors (Lipinski definition) is 3. The van der Waals surface area contributed by atoms with Gasteiger partial charge in [-0.2, -0.15) is 0 Å². The minimum atomic E-state index is -0.777. The van der Waals surface area contributed by atoms with Crippen LogP contribution in [-0.4, -0.2) is 41.2 Å². The number of hydrogen-bond donors (Lipinski definition) is 2. The van der Waals surface area contributed by atoms with Crippen molar-refractivity contribution in [3.05, 3.63) is 29.5 Å². The van der Waals surface area contributed by atoms with E-state index in [9.17, 15) is 9.90 Å². The van der Waals surface area contributed by atoms with Gasteiger partial charge in [0, 0.05) is 29.7 Å². The normalized spacial score (nSPS) is 18.1. The molecule has 0 fully saturated rings. The summed E-state index contributed by atoms with van der Waals surface area (Å²) >= 11 is 0. The van der Waals surface area contributed by atoms with Crippen LogP contribution in [-0.2, 0) is 11.2 Å². The highest BCUT2D eigenvalue weighted by atomic mass is 16.5. The SMILES string of the molecule is CCC(CC)CN1CCc2c([nH]c3ccc(OC)cc23)C1C(=O)O. The minimum Gasteiger partial charge on any atom is -0.497 e. The molecule has 0 amide bonds. The van der Waals surface area contributed by atoms with Gasteiger partial charge >= 0.3 is 5.97 Å². The van der Waals surface area contributed by atoms with Crippen LogP contribution in [0.3, 0.4) is 0 Å². The van der Waals surface area contributed by atoms with Gasteiger partial charge in [-0.05, 0) is 36.1 Å². The monoisotopic (exact) mass is 330 g/mol. The smallest absolute Gasteiger partial charge is 0.327 e. The lowest BCUT2D eigenvalue weighted by Crippen LogP contribution is -2.42. The van der Waals surface area contributed by atoms with Crippen molar-refractivity contribution >= 4 is 16.9 Å². The molecular weight excluding hydrogens is 304 g/mol. The molecule has 1 aromatic carbocycles. The van der Waals surface area contributed by atoms with Gasteiger partial charge in [-0.25, -0.2) is 0 Å². The van der Waals surface area contributed by atoms with E-state index in [4.69, 9.17) is 4.74 Å². The van der Waals surface area contributed by atoms with Crippen molar-refractivity contribution in [2.75, 3.05) is 20.2 Å². The molecule has 1 unspecified atom stereocenters. The van der Waals surface area contributed by atoms with Crippen molar-refractivity contribution in [1.29, 1.82) is 0 Å². The third-order valence-corrected chi connectivity index (χ3v) is 5.32. The summed E-state index contributed by atoms with van der Waals surface area (Å²) in [6.07, 6.45) is 3.03. The molecule has 0 saturated heterocycles. The van der Waals surface area contributed by atoms with Crippen LogP contribution in [0.4, 0.5) is 0 Å². The van der Waals surface area contributed by atoms with Gasteiger partial charge in [0.15, 0.2) is 0 Å². The van der Waals surface area contributed by atoms with E-state index < -0.39 is 12.0 Å². The maximum atomic E-state index is 12.0. The number of rotatable bonds is 6. The number of aromatic amines is 1. The predicted molar refractivity (Wildman–Crippen MR) is 94.6 cm³/mol. The summed E-state index contributed by atoms with van der Waals surface area (Å²) in [4.78, 5) is 17.5. The van der Waals surface area contributed by atoms with E-state index in [0.717, 1.165) is 60.3 Å². The Balaban J connectivity index is 2.01. The Labute approximate surface area is 142 Å². The Morgan fingerprint density at radius 2 is 2.17 bits per heavy atom. The maximum Gasteiger partial charge on any atom is 0.327 e. The summed E-state index contributed by atoms with van der Waals surface area (Å²) in [6, 6.07) is 5.28. The number of carboxylic acid groups (broad SMARTS) is 1. The van der Waals surface area contributed by atoms with Gasteiger partial charge in [0.2, 0.25) is 0 Å². The first kappa shape index (κ1) is 16.8. The van der Waals surface area contributed by atoms with Crippen LogP contribution in [0.15, 0.2) is 18.2 Å². The zero-order chi connectivity index (χ0) is 17.3. The first-order valence-corrected chi connectivity index (χ1v) is 8.74. The highest BCUT2D eigenvalue weighted by molar-refractivity contribution is 5.89. The Kier molecular flexibility index (Phi) is 4.81. The molecule has 0 radical (unpaired) electrons. The molecule has 1 aliphatic rings. The fourth-order valence-corrected chi connectivity index (χ4v) is 3.80. The number of aromatic nitrogens is 1. The van der Waals surface area contributed by atoms with Crippen LogP contribution in [0.1, 0.15) is 44.0 Å². The zero-order valence-electron chi connectivity index (χ0n) is 14.6. The lowest BCUT2D eigenvalue weighted by atomic mass is 9.94. The van der Waals surface area contributed by atoms with Gasteiger partial charge in [-0.15, -0.1) is 0 Å². The second-order valence-electron chi connectivity index (χ2n) is 6.60. The van der Waals surface area contributed by atoms with E-state index in [2.05, 4.69) is 23.7 Å². The molecule has 2 heterocycles. The quantitative estimate of drug-likeness (QED) is 0.849. The summed E-state index contributed by atoms with van der Waals surface area (Å²) in [6.45, 7) is 5.97. The van der Waals surface area contributed by atoms with Gasteiger partial charge in [0.25, 0.3) is 0 Å². The molecule has 24 heavy (non-hydrogen) atoms. The van der Waals surface area contributed by atoms with Crippen LogP contribution in [0.25, 0.3) is 10.9 Å². The number of methoxy groups -OCH3 is 1.